The number of hydrogen-bond donors (Lipinski definition) is 0. The van der Waals surface area contributed by atoms with Crippen molar-refractivity contribution >= 4 is 11.4 Å². The van der Waals surface area contributed by atoms with Crippen molar-refractivity contribution in [2.24, 2.45) is 0 Å². The van der Waals surface area contributed by atoms with Gasteiger partial charge in [-0.25, -0.2) is 13.9 Å². The quantitative estimate of drug-likeness (QED) is 0.479. The number of aromatic nitrogens is 5. The van der Waals surface area contributed by atoms with Crippen LogP contribution in [0.5, 0.6) is 11.5 Å². The number of ether oxygens (including phenoxy) is 1. The molecule has 4 aromatic heterocycles. The third-order valence-electron chi connectivity index (χ3n) is 4.13. The molecule has 28 heavy (non-hydrogen) atoms. The van der Waals surface area contributed by atoms with E-state index in [1.165, 1.54) is 23.1 Å². The van der Waals surface area contributed by atoms with Crippen LogP contribution in [0.1, 0.15) is 28.7 Å². The summed E-state index contributed by atoms with van der Waals surface area (Å²) in [5.74, 6) is -0.140. The zero-order chi connectivity index (χ0) is 19.5. The molecule has 0 unspecified atom stereocenters. The van der Waals surface area contributed by atoms with Gasteiger partial charge in [0.1, 0.15) is 23.6 Å². The van der Waals surface area contributed by atoms with Gasteiger partial charge in [-0.1, -0.05) is 13.0 Å². The van der Waals surface area contributed by atoms with Crippen LogP contribution >= 0.6 is 0 Å². The molecule has 0 N–H and O–H groups in total. The third kappa shape index (κ3) is 3.71. The molecule has 0 atom stereocenters. The Balaban J connectivity index is 1.67. The first kappa shape index (κ1) is 17.7. The fourth-order valence-corrected chi connectivity index (χ4v) is 2.83. The Morgan fingerprint density at radius 2 is 2.04 bits per heavy atom. The first-order valence-electron chi connectivity index (χ1n) is 8.72. The molecule has 0 saturated heterocycles. The topological polar surface area (TPSA) is 82.3 Å². The number of ketones is 1. The predicted molar refractivity (Wildman–Crippen MR) is 98.9 cm³/mol. The van der Waals surface area contributed by atoms with Crippen LogP contribution in [-0.2, 0) is 12.8 Å². The summed E-state index contributed by atoms with van der Waals surface area (Å²) in [6.45, 7) is 2.01. The normalized spacial score (nSPS) is 10.9. The van der Waals surface area contributed by atoms with E-state index in [1.54, 1.807) is 12.3 Å². The van der Waals surface area contributed by atoms with E-state index in [9.17, 15) is 9.18 Å². The van der Waals surface area contributed by atoms with Gasteiger partial charge >= 0.3 is 0 Å². The van der Waals surface area contributed by atoms with Crippen molar-refractivity contribution in [3.8, 4) is 11.5 Å². The lowest BCUT2D eigenvalue weighted by Gasteiger charge is -2.09. The molecular weight excluding hydrogens is 361 g/mol. The minimum Gasteiger partial charge on any atom is -0.454 e. The summed E-state index contributed by atoms with van der Waals surface area (Å²) >= 11 is 0. The number of halogens is 1. The number of aryl methyl sites for hydroxylation is 1. The second-order valence-electron chi connectivity index (χ2n) is 6.13. The lowest BCUT2D eigenvalue weighted by atomic mass is 10.1. The molecule has 4 rings (SSSR count). The molecule has 0 fully saturated rings. The second kappa shape index (κ2) is 7.51. The van der Waals surface area contributed by atoms with Gasteiger partial charge in [-0.05, 0) is 24.6 Å². The Labute approximate surface area is 159 Å². The predicted octanol–water partition coefficient (Wildman–Crippen LogP) is 3.44. The van der Waals surface area contributed by atoms with Crippen molar-refractivity contribution in [2.75, 3.05) is 0 Å². The van der Waals surface area contributed by atoms with Crippen LogP contribution in [0.15, 0.2) is 55.2 Å². The van der Waals surface area contributed by atoms with Crippen LogP contribution in [0.25, 0.3) is 5.65 Å². The van der Waals surface area contributed by atoms with Crippen LogP contribution in [-0.4, -0.2) is 30.3 Å². The summed E-state index contributed by atoms with van der Waals surface area (Å²) in [6.07, 6.45) is 6.31. The van der Waals surface area contributed by atoms with Crippen molar-refractivity contribution in [1.82, 2.24) is 24.6 Å². The highest BCUT2D eigenvalue weighted by Gasteiger charge is 2.17. The molecule has 0 aromatic carbocycles. The molecule has 0 saturated carbocycles. The van der Waals surface area contributed by atoms with E-state index < -0.39 is 5.82 Å². The highest BCUT2D eigenvalue weighted by molar-refractivity contribution is 6.02. The number of hydrogen-bond acceptors (Lipinski definition) is 6. The van der Waals surface area contributed by atoms with E-state index in [4.69, 9.17) is 4.74 Å². The summed E-state index contributed by atoms with van der Waals surface area (Å²) in [7, 11) is 0. The Bertz CT molecular complexity index is 1160. The Morgan fingerprint density at radius 1 is 1.18 bits per heavy atom. The Kier molecular flexibility index (Phi) is 4.76. The maximum Gasteiger partial charge on any atom is 0.172 e. The Morgan fingerprint density at radius 3 is 2.86 bits per heavy atom. The number of Topliss-reactive ketones (excluding diaryl/α,β-unsaturated/α-hetero) is 1. The molecule has 0 radical (unpaired) electrons. The minimum absolute atomic E-state index is 0.126. The Hall–Kier alpha value is -3.68. The van der Waals surface area contributed by atoms with Crippen molar-refractivity contribution in [3.05, 3.63) is 78.0 Å². The van der Waals surface area contributed by atoms with Gasteiger partial charge in [-0.3, -0.25) is 14.8 Å². The molecule has 0 bridgehead atoms. The van der Waals surface area contributed by atoms with Gasteiger partial charge in [0, 0.05) is 17.5 Å². The highest BCUT2D eigenvalue weighted by atomic mass is 19.1. The lowest BCUT2D eigenvalue weighted by molar-refractivity contribution is 0.0992. The van der Waals surface area contributed by atoms with Crippen LogP contribution in [0.4, 0.5) is 4.39 Å². The summed E-state index contributed by atoms with van der Waals surface area (Å²) in [5.41, 5.74) is 2.38. The maximum absolute atomic E-state index is 13.4. The van der Waals surface area contributed by atoms with Crippen molar-refractivity contribution in [1.29, 1.82) is 0 Å². The molecule has 8 heteroatoms. The molecular formula is C20H16FN5O2. The van der Waals surface area contributed by atoms with Crippen molar-refractivity contribution in [2.45, 2.75) is 19.8 Å². The fraction of sp³-hybridized carbons (Fsp3) is 0.150. The number of rotatable bonds is 6. The van der Waals surface area contributed by atoms with Crippen LogP contribution in [0.2, 0.25) is 0 Å². The molecule has 4 aromatic rings. The largest absolute Gasteiger partial charge is 0.454 e. The van der Waals surface area contributed by atoms with Crippen LogP contribution < -0.4 is 4.74 Å². The van der Waals surface area contributed by atoms with Crippen molar-refractivity contribution in [3.63, 3.8) is 0 Å². The molecule has 0 aliphatic rings. The summed E-state index contributed by atoms with van der Waals surface area (Å²) in [6, 6.07) is 8.40. The average Bonchev–Trinajstić information content (AvgIpc) is 3.16. The van der Waals surface area contributed by atoms with Gasteiger partial charge < -0.3 is 4.74 Å². The first-order chi connectivity index (χ1) is 13.6. The van der Waals surface area contributed by atoms with E-state index >= 15 is 0 Å². The number of pyridine rings is 3. The summed E-state index contributed by atoms with van der Waals surface area (Å²) in [5, 5.41) is 4.08. The molecule has 0 aliphatic carbocycles. The second-order valence-corrected chi connectivity index (χ2v) is 6.13. The van der Waals surface area contributed by atoms with Gasteiger partial charge in [0.25, 0.3) is 0 Å². The van der Waals surface area contributed by atoms with Crippen molar-refractivity contribution < 1.29 is 13.9 Å². The lowest BCUT2D eigenvalue weighted by Crippen LogP contribution is -2.09. The molecule has 140 valence electrons. The third-order valence-corrected chi connectivity index (χ3v) is 4.13. The molecule has 7 nitrogen and oxygen atoms in total. The van der Waals surface area contributed by atoms with E-state index in [1.807, 2.05) is 25.1 Å². The van der Waals surface area contributed by atoms with E-state index in [-0.39, 0.29) is 18.0 Å². The molecule has 0 amide bonds. The van der Waals surface area contributed by atoms with Gasteiger partial charge in [0.2, 0.25) is 0 Å². The highest BCUT2D eigenvalue weighted by Crippen LogP contribution is 2.24. The number of carbonyl (C=O) groups excluding carboxylic acids is 1. The standard InChI is InChI=1S/C20H16FN5O2/c1-2-14-4-3-5-15(25-14)7-19(27)18-8-17(11-26-20(18)23-12-24-26)28-16-6-13(21)9-22-10-16/h3-6,8-12H,2,7H2,1H3. The van der Waals surface area contributed by atoms with E-state index in [2.05, 4.69) is 20.1 Å². The molecule has 4 heterocycles. The number of nitrogens with zero attached hydrogens (tertiary/aromatic N) is 5. The average molecular weight is 377 g/mol. The minimum atomic E-state index is -0.516. The first-order valence-corrected chi connectivity index (χ1v) is 8.72. The van der Waals surface area contributed by atoms with Crippen LogP contribution in [0, 0.1) is 5.82 Å². The van der Waals surface area contributed by atoms with Crippen LogP contribution in [0.3, 0.4) is 0 Å². The van der Waals surface area contributed by atoms with Gasteiger partial charge in [0.15, 0.2) is 11.4 Å². The fourth-order valence-electron chi connectivity index (χ4n) is 2.83. The number of carbonyl (C=O) groups is 1. The van der Waals surface area contributed by atoms with E-state index in [0.717, 1.165) is 18.3 Å². The molecule has 0 aliphatic heterocycles. The number of fused-ring (bicyclic) bond motifs is 1. The smallest absolute Gasteiger partial charge is 0.172 e. The van der Waals surface area contributed by atoms with Gasteiger partial charge in [0.05, 0.1) is 30.6 Å². The zero-order valence-corrected chi connectivity index (χ0v) is 15.0. The summed E-state index contributed by atoms with van der Waals surface area (Å²) < 4.78 is 20.5. The summed E-state index contributed by atoms with van der Waals surface area (Å²) in [4.78, 5) is 25.3. The molecule has 0 spiro atoms. The SMILES string of the molecule is CCc1cccc(CC(=O)c2cc(Oc3cncc(F)c3)cn3ncnc23)n1. The van der Waals surface area contributed by atoms with E-state index in [0.29, 0.717) is 22.7 Å². The van der Waals surface area contributed by atoms with Gasteiger partial charge in [-0.2, -0.15) is 5.10 Å². The zero-order valence-electron chi connectivity index (χ0n) is 15.0. The monoisotopic (exact) mass is 377 g/mol. The van der Waals surface area contributed by atoms with Gasteiger partial charge in [-0.15, -0.1) is 0 Å². The maximum atomic E-state index is 13.4.